The minimum Gasteiger partial charge on any atom is -0.320 e. The van der Waals surface area contributed by atoms with Gasteiger partial charge in [-0.3, -0.25) is 10.00 Å². The number of urea groups is 1. The lowest BCUT2D eigenvalue weighted by Crippen LogP contribution is -2.38. The average Bonchev–Trinajstić information content (AvgIpc) is 3.03. The van der Waals surface area contributed by atoms with Crippen molar-refractivity contribution in [3.63, 3.8) is 0 Å². The highest BCUT2D eigenvalue weighted by Gasteiger charge is 2.19. The van der Waals surface area contributed by atoms with E-state index in [-0.39, 0.29) is 12.1 Å². The van der Waals surface area contributed by atoms with Crippen molar-refractivity contribution in [2.45, 2.75) is 40.2 Å². The molecule has 3 rings (SSSR count). The van der Waals surface area contributed by atoms with E-state index in [2.05, 4.69) is 62.4 Å². The van der Waals surface area contributed by atoms with Crippen LogP contribution in [0.2, 0.25) is 0 Å². The second-order valence-electron chi connectivity index (χ2n) is 7.01. The molecule has 0 saturated carbocycles. The molecular weight excluding hydrogens is 312 g/mol. The Morgan fingerprint density at radius 1 is 1.20 bits per heavy atom. The molecule has 0 unspecified atom stereocenters. The number of nitrogens with one attached hydrogen (secondary N) is 1. The van der Waals surface area contributed by atoms with E-state index in [1.807, 2.05) is 21.8 Å². The Bertz CT molecular complexity index is 784. The lowest BCUT2D eigenvalue weighted by atomic mass is 9.96. The van der Waals surface area contributed by atoms with Crippen molar-refractivity contribution in [3.05, 3.63) is 53.2 Å². The number of amides is 2. The molecule has 0 atom stereocenters. The minimum absolute atomic E-state index is 0.0928. The zero-order valence-corrected chi connectivity index (χ0v) is 15.4. The molecule has 0 saturated heterocycles. The van der Waals surface area contributed by atoms with Gasteiger partial charge >= 0.3 is 6.03 Å². The van der Waals surface area contributed by atoms with Crippen LogP contribution in [0.3, 0.4) is 0 Å². The number of aromatic nitrogens is 2. The third-order valence-corrected chi connectivity index (χ3v) is 4.46. The lowest BCUT2D eigenvalue weighted by Gasteiger charge is -2.26. The van der Waals surface area contributed by atoms with Crippen LogP contribution in [-0.2, 0) is 0 Å². The summed E-state index contributed by atoms with van der Waals surface area (Å²) in [5.74, 6) is 0.600. The topological polar surface area (TPSA) is 50.2 Å². The summed E-state index contributed by atoms with van der Waals surface area (Å²) < 4.78 is 1.84. The number of hydrogen-bond donors (Lipinski definition) is 1. The van der Waals surface area contributed by atoms with Crippen molar-refractivity contribution in [2.24, 2.45) is 0 Å². The van der Waals surface area contributed by atoms with Crippen LogP contribution in [0.15, 0.2) is 36.5 Å². The number of carbonyl (C=O) groups excluding carboxylic acids is 1. The molecule has 25 heavy (non-hydrogen) atoms. The largest absolute Gasteiger partial charge is 0.323 e. The van der Waals surface area contributed by atoms with E-state index < -0.39 is 0 Å². The first-order valence-electron chi connectivity index (χ1n) is 8.81. The van der Waals surface area contributed by atoms with Gasteiger partial charge in [-0.2, -0.15) is 5.10 Å². The van der Waals surface area contributed by atoms with Crippen LogP contribution in [0, 0.1) is 13.8 Å². The van der Waals surface area contributed by atoms with Crippen LogP contribution in [0.4, 0.5) is 10.6 Å². The molecule has 1 aliphatic heterocycles. The van der Waals surface area contributed by atoms with Gasteiger partial charge in [0.05, 0.1) is 0 Å². The maximum atomic E-state index is 12.4. The van der Waals surface area contributed by atoms with E-state index in [1.165, 1.54) is 22.3 Å². The number of aryl methyl sites for hydroxylation is 2. The van der Waals surface area contributed by atoms with Crippen molar-refractivity contribution >= 4 is 17.4 Å². The fraction of sp³-hybridized carbons (Fsp3) is 0.400. The quantitative estimate of drug-likeness (QED) is 0.901. The molecule has 0 aliphatic carbocycles. The highest BCUT2D eigenvalue weighted by Crippen LogP contribution is 2.24. The van der Waals surface area contributed by atoms with Crippen LogP contribution in [-0.4, -0.2) is 33.8 Å². The first kappa shape index (κ1) is 17.3. The standard InChI is InChI=1S/C20H26N4O/c1-14(2)24-10-7-19(22-24)21-20(25)23-8-5-17(6-9-23)18-12-15(3)11-16(4)13-18/h5,7,10-14H,6,8-9H2,1-4H3,(H,21,22,25). The van der Waals surface area contributed by atoms with Gasteiger partial charge in [0.15, 0.2) is 5.82 Å². The van der Waals surface area contributed by atoms with E-state index in [0.717, 1.165) is 13.0 Å². The molecule has 0 radical (unpaired) electrons. The maximum Gasteiger partial charge on any atom is 0.323 e. The van der Waals surface area contributed by atoms with Gasteiger partial charge in [-0.05, 0) is 45.3 Å². The Labute approximate surface area is 149 Å². The second kappa shape index (κ2) is 7.13. The molecule has 2 amide bonds. The predicted molar refractivity (Wildman–Crippen MR) is 102 cm³/mol. The molecular formula is C20H26N4O. The van der Waals surface area contributed by atoms with Gasteiger partial charge in [0, 0.05) is 31.4 Å². The van der Waals surface area contributed by atoms with E-state index in [9.17, 15) is 4.79 Å². The summed E-state index contributed by atoms with van der Waals surface area (Å²) >= 11 is 0. The van der Waals surface area contributed by atoms with Crippen molar-refractivity contribution < 1.29 is 4.79 Å². The number of nitrogens with zero attached hydrogens (tertiary/aromatic N) is 3. The van der Waals surface area contributed by atoms with Crippen LogP contribution in [0.5, 0.6) is 0 Å². The molecule has 5 nitrogen and oxygen atoms in total. The van der Waals surface area contributed by atoms with Crippen molar-refractivity contribution in [2.75, 3.05) is 18.4 Å². The van der Waals surface area contributed by atoms with Crippen LogP contribution in [0.25, 0.3) is 5.57 Å². The molecule has 1 aliphatic rings. The van der Waals surface area contributed by atoms with Crippen LogP contribution < -0.4 is 5.32 Å². The van der Waals surface area contributed by atoms with E-state index >= 15 is 0 Å². The Morgan fingerprint density at radius 2 is 1.92 bits per heavy atom. The first-order chi connectivity index (χ1) is 11.9. The molecule has 5 heteroatoms. The van der Waals surface area contributed by atoms with Crippen LogP contribution in [0.1, 0.15) is 43.0 Å². The van der Waals surface area contributed by atoms with Gasteiger partial charge in [-0.15, -0.1) is 0 Å². The fourth-order valence-electron chi connectivity index (χ4n) is 3.16. The van der Waals surface area contributed by atoms with Gasteiger partial charge in [0.2, 0.25) is 0 Å². The molecule has 2 aromatic rings. The predicted octanol–water partition coefficient (Wildman–Crippen LogP) is 4.40. The Balaban J connectivity index is 1.64. The Hall–Kier alpha value is -2.56. The van der Waals surface area contributed by atoms with Gasteiger partial charge < -0.3 is 4.90 Å². The third-order valence-electron chi connectivity index (χ3n) is 4.46. The molecule has 1 N–H and O–H groups in total. The number of anilines is 1. The zero-order chi connectivity index (χ0) is 18.0. The van der Waals surface area contributed by atoms with Crippen molar-refractivity contribution in [3.8, 4) is 0 Å². The number of carbonyl (C=O) groups is 1. The minimum atomic E-state index is -0.0928. The van der Waals surface area contributed by atoms with E-state index in [0.29, 0.717) is 12.4 Å². The van der Waals surface area contributed by atoms with Gasteiger partial charge in [0.25, 0.3) is 0 Å². The van der Waals surface area contributed by atoms with Gasteiger partial charge in [-0.1, -0.05) is 35.4 Å². The van der Waals surface area contributed by atoms with Crippen LogP contribution >= 0.6 is 0 Å². The molecule has 0 bridgehead atoms. The Morgan fingerprint density at radius 3 is 2.48 bits per heavy atom. The summed E-state index contributed by atoms with van der Waals surface area (Å²) in [6.45, 7) is 9.70. The monoisotopic (exact) mass is 338 g/mol. The normalized spacial score (nSPS) is 14.6. The van der Waals surface area contributed by atoms with Crippen molar-refractivity contribution in [1.29, 1.82) is 0 Å². The second-order valence-corrected chi connectivity index (χ2v) is 7.01. The first-order valence-corrected chi connectivity index (χ1v) is 8.81. The summed E-state index contributed by atoms with van der Waals surface area (Å²) in [6.07, 6.45) is 4.91. The van der Waals surface area contributed by atoms with Gasteiger partial charge in [0.1, 0.15) is 0 Å². The number of rotatable bonds is 3. The molecule has 0 fully saturated rings. The highest BCUT2D eigenvalue weighted by molar-refractivity contribution is 5.89. The zero-order valence-electron chi connectivity index (χ0n) is 15.4. The summed E-state index contributed by atoms with van der Waals surface area (Å²) in [5, 5.41) is 7.25. The molecule has 1 aromatic carbocycles. The average molecular weight is 338 g/mol. The summed E-state index contributed by atoms with van der Waals surface area (Å²) in [5.41, 5.74) is 5.14. The molecule has 2 heterocycles. The highest BCUT2D eigenvalue weighted by atomic mass is 16.2. The smallest absolute Gasteiger partial charge is 0.320 e. The summed E-state index contributed by atoms with van der Waals surface area (Å²) in [7, 11) is 0. The molecule has 0 spiro atoms. The fourth-order valence-corrected chi connectivity index (χ4v) is 3.16. The van der Waals surface area contributed by atoms with Gasteiger partial charge in [-0.25, -0.2) is 4.79 Å². The van der Waals surface area contributed by atoms with E-state index in [1.54, 1.807) is 0 Å². The number of hydrogen-bond acceptors (Lipinski definition) is 2. The lowest BCUT2D eigenvalue weighted by molar-refractivity contribution is 0.217. The third kappa shape index (κ3) is 4.10. The maximum absolute atomic E-state index is 12.4. The SMILES string of the molecule is Cc1cc(C)cc(C2=CCN(C(=O)Nc3ccn(C(C)C)n3)CC2)c1. The summed E-state index contributed by atoms with van der Waals surface area (Å²) in [4.78, 5) is 14.3. The molecule has 132 valence electrons. The molecule has 1 aromatic heterocycles. The number of benzene rings is 1. The summed E-state index contributed by atoms with van der Waals surface area (Å²) in [6, 6.07) is 8.63. The van der Waals surface area contributed by atoms with E-state index in [4.69, 9.17) is 0 Å². The van der Waals surface area contributed by atoms with Crippen molar-refractivity contribution in [1.82, 2.24) is 14.7 Å². The Kier molecular flexibility index (Phi) is 4.93.